The van der Waals surface area contributed by atoms with E-state index in [-0.39, 0.29) is 12.3 Å². The second-order valence-electron chi connectivity index (χ2n) is 6.26. The third-order valence-corrected chi connectivity index (χ3v) is 6.65. The van der Waals surface area contributed by atoms with E-state index in [1.807, 2.05) is 54.9 Å². The van der Waals surface area contributed by atoms with E-state index in [0.29, 0.717) is 11.7 Å². The minimum absolute atomic E-state index is 0.112. The van der Waals surface area contributed by atoms with Crippen LogP contribution in [0.25, 0.3) is 21.8 Å². The number of aryl methyl sites for hydroxylation is 1. The Labute approximate surface area is 181 Å². The Morgan fingerprint density at radius 1 is 1.10 bits per heavy atom. The van der Waals surface area contributed by atoms with Crippen molar-refractivity contribution in [2.45, 2.75) is 20.3 Å². The molecule has 8 heteroatoms. The molecule has 0 saturated carbocycles. The molecule has 148 valence electrons. The van der Waals surface area contributed by atoms with Crippen LogP contribution in [0.15, 0.2) is 46.5 Å². The Bertz CT molecular complexity index is 1100. The van der Waals surface area contributed by atoms with Crippen molar-refractivity contribution in [1.82, 2.24) is 9.97 Å². The first-order valence-electron chi connectivity index (χ1n) is 9.10. The van der Waals surface area contributed by atoms with Gasteiger partial charge in [-0.25, -0.2) is 9.97 Å². The number of hydrogen-bond donors (Lipinski definition) is 1. The highest BCUT2D eigenvalue weighted by atomic mass is 32.1. The number of aromatic nitrogens is 2. The quantitative estimate of drug-likeness (QED) is 0.389. The lowest BCUT2D eigenvalue weighted by Crippen LogP contribution is -2.14. The van der Waals surface area contributed by atoms with E-state index in [9.17, 15) is 4.79 Å². The molecule has 0 radical (unpaired) electrons. The van der Waals surface area contributed by atoms with E-state index < -0.39 is 0 Å². The summed E-state index contributed by atoms with van der Waals surface area (Å²) in [4.78, 5) is 22.7. The van der Waals surface area contributed by atoms with E-state index >= 15 is 0 Å². The van der Waals surface area contributed by atoms with Gasteiger partial charge in [-0.15, -0.1) is 22.7 Å². The lowest BCUT2D eigenvalue weighted by atomic mass is 10.1. The lowest BCUT2D eigenvalue weighted by Gasteiger charge is -2.04. The van der Waals surface area contributed by atoms with Crippen molar-refractivity contribution >= 4 is 45.0 Å². The molecular formula is C21H19N3O2S3. The predicted octanol–water partition coefficient (Wildman–Crippen LogP) is 5.88. The lowest BCUT2D eigenvalue weighted by molar-refractivity contribution is -0.115. The minimum Gasteiger partial charge on any atom is -0.494 e. The van der Waals surface area contributed by atoms with Gasteiger partial charge in [0.15, 0.2) is 5.13 Å². The Hall–Kier alpha value is -2.55. The molecule has 3 aromatic heterocycles. The van der Waals surface area contributed by atoms with Gasteiger partial charge in [-0.1, -0.05) is 0 Å². The van der Waals surface area contributed by atoms with Gasteiger partial charge in [-0.2, -0.15) is 11.3 Å². The standard InChI is InChI=1S/C21H19N3O2S3/c1-3-26-17-6-4-14(5-7-17)19-13(2)29-21(24-19)23-18(25)10-16-12-28-20(22-16)15-8-9-27-11-15/h4-9,11-12H,3,10H2,1-2H3,(H,23,24,25). The second-order valence-corrected chi connectivity index (χ2v) is 9.10. The van der Waals surface area contributed by atoms with Crippen molar-refractivity contribution in [3.05, 3.63) is 57.0 Å². The number of amides is 1. The van der Waals surface area contributed by atoms with Crippen LogP contribution in [0.5, 0.6) is 5.75 Å². The molecule has 4 rings (SSSR count). The third kappa shape index (κ3) is 4.72. The van der Waals surface area contributed by atoms with Gasteiger partial charge in [0.1, 0.15) is 10.8 Å². The van der Waals surface area contributed by atoms with Crippen LogP contribution < -0.4 is 10.1 Å². The van der Waals surface area contributed by atoms with Crippen molar-refractivity contribution in [2.75, 3.05) is 11.9 Å². The van der Waals surface area contributed by atoms with Gasteiger partial charge in [0, 0.05) is 26.8 Å². The summed E-state index contributed by atoms with van der Waals surface area (Å²) in [5.41, 5.74) is 3.75. The number of thiophene rings is 1. The van der Waals surface area contributed by atoms with Crippen LogP contribution in [0.3, 0.4) is 0 Å². The van der Waals surface area contributed by atoms with Crippen LogP contribution in [0.2, 0.25) is 0 Å². The Morgan fingerprint density at radius 3 is 2.66 bits per heavy atom. The molecule has 5 nitrogen and oxygen atoms in total. The molecule has 0 atom stereocenters. The maximum absolute atomic E-state index is 12.5. The Kier molecular flexibility index (Phi) is 6.03. The third-order valence-electron chi connectivity index (χ3n) is 4.14. The van der Waals surface area contributed by atoms with E-state index in [4.69, 9.17) is 4.74 Å². The fourth-order valence-electron chi connectivity index (χ4n) is 2.83. The molecule has 1 amide bonds. The number of hydrogen-bond acceptors (Lipinski definition) is 7. The van der Waals surface area contributed by atoms with E-state index in [1.165, 1.54) is 11.3 Å². The van der Waals surface area contributed by atoms with E-state index in [1.54, 1.807) is 22.7 Å². The first-order chi connectivity index (χ1) is 14.1. The molecule has 0 aliphatic rings. The summed E-state index contributed by atoms with van der Waals surface area (Å²) in [7, 11) is 0. The number of benzene rings is 1. The van der Waals surface area contributed by atoms with Crippen LogP contribution in [-0.2, 0) is 11.2 Å². The molecule has 0 saturated heterocycles. The maximum Gasteiger partial charge on any atom is 0.232 e. The molecule has 0 spiro atoms. The smallest absolute Gasteiger partial charge is 0.232 e. The molecule has 0 bridgehead atoms. The number of thiazole rings is 2. The summed E-state index contributed by atoms with van der Waals surface area (Å²) >= 11 is 4.67. The Morgan fingerprint density at radius 2 is 1.93 bits per heavy atom. The van der Waals surface area contributed by atoms with Gasteiger partial charge in [0.25, 0.3) is 0 Å². The van der Waals surface area contributed by atoms with Gasteiger partial charge in [-0.3, -0.25) is 4.79 Å². The fraction of sp³-hybridized carbons (Fsp3) is 0.190. The molecule has 0 aliphatic heterocycles. The normalized spacial score (nSPS) is 10.8. The fourth-order valence-corrected chi connectivity index (χ4v) is 5.21. The topological polar surface area (TPSA) is 64.1 Å². The zero-order valence-corrected chi connectivity index (χ0v) is 18.4. The molecular weight excluding hydrogens is 422 g/mol. The first-order valence-corrected chi connectivity index (χ1v) is 11.7. The Balaban J connectivity index is 1.42. The summed E-state index contributed by atoms with van der Waals surface area (Å²) in [6, 6.07) is 9.88. The van der Waals surface area contributed by atoms with Crippen molar-refractivity contribution < 1.29 is 9.53 Å². The number of anilines is 1. The average molecular weight is 442 g/mol. The van der Waals surface area contributed by atoms with E-state index in [2.05, 4.69) is 20.7 Å². The predicted molar refractivity (Wildman–Crippen MR) is 121 cm³/mol. The summed E-state index contributed by atoms with van der Waals surface area (Å²) in [5, 5.41) is 10.5. The summed E-state index contributed by atoms with van der Waals surface area (Å²) in [6.07, 6.45) is 0.234. The molecule has 0 fully saturated rings. The molecule has 0 aliphatic carbocycles. The van der Waals surface area contributed by atoms with Crippen LogP contribution >= 0.6 is 34.0 Å². The zero-order chi connectivity index (χ0) is 20.2. The van der Waals surface area contributed by atoms with Crippen LogP contribution in [0.4, 0.5) is 5.13 Å². The largest absolute Gasteiger partial charge is 0.494 e. The summed E-state index contributed by atoms with van der Waals surface area (Å²) in [5.74, 6) is 0.724. The molecule has 1 N–H and O–H groups in total. The van der Waals surface area contributed by atoms with Gasteiger partial charge in [0.2, 0.25) is 5.91 Å². The van der Waals surface area contributed by atoms with Crippen molar-refractivity contribution in [3.63, 3.8) is 0 Å². The number of rotatable bonds is 7. The van der Waals surface area contributed by atoms with Gasteiger partial charge >= 0.3 is 0 Å². The molecule has 29 heavy (non-hydrogen) atoms. The highest BCUT2D eigenvalue weighted by Gasteiger charge is 2.14. The van der Waals surface area contributed by atoms with Crippen LogP contribution in [0.1, 0.15) is 17.5 Å². The van der Waals surface area contributed by atoms with Gasteiger partial charge in [-0.05, 0) is 49.6 Å². The first kappa shape index (κ1) is 19.8. The number of nitrogens with zero attached hydrogens (tertiary/aromatic N) is 2. The summed E-state index contributed by atoms with van der Waals surface area (Å²) in [6.45, 7) is 4.60. The molecule has 1 aromatic carbocycles. The average Bonchev–Trinajstić information content (AvgIpc) is 3.44. The van der Waals surface area contributed by atoms with Crippen molar-refractivity contribution in [2.24, 2.45) is 0 Å². The molecule has 3 heterocycles. The van der Waals surface area contributed by atoms with Crippen molar-refractivity contribution in [1.29, 1.82) is 0 Å². The van der Waals surface area contributed by atoms with Crippen molar-refractivity contribution in [3.8, 4) is 27.6 Å². The number of carbonyl (C=O) groups excluding carboxylic acids is 1. The van der Waals surface area contributed by atoms with Gasteiger partial charge < -0.3 is 10.1 Å². The second kappa shape index (κ2) is 8.86. The zero-order valence-electron chi connectivity index (χ0n) is 16.0. The number of ether oxygens (including phenoxy) is 1. The highest BCUT2D eigenvalue weighted by Crippen LogP contribution is 2.31. The highest BCUT2D eigenvalue weighted by molar-refractivity contribution is 7.16. The number of carbonyl (C=O) groups is 1. The minimum atomic E-state index is -0.112. The monoisotopic (exact) mass is 441 g/mol. The van der Waals surface area contributed by atoms with Crippen LogP contribution in [-0.4, -0.2) is 22.5 Å². The molecule has 4 aromatic rings. The van der Waals surface area contributed by atoms with Crippen LogP contribution in [0, 0.1) is 6.92 Å². The van der Waals surface area contributed by atoms with E-state index in [0.717, 1.165) is 38.1 Å². The van der Waals surface area contributed by atoms with Gasteiger partial charge in [0.05, 0.1) is 24.4 Å². The maximum atomic E-state index is 12.5. The number of nitrogens with one attached hydrogen (secondary N) is 1. The molecule has 0 unspecified atom stereocenters. The SMILES string of the molecule is CCOc1ccc(-c2nc(NC(=O)Cc3csc(-c4ccsc4)n3)sc2C)cc1. The summed E-state index contributed by atoms with van der Waals surface area (Å²) < 4.78 is 5.49.